The zero-order valence-electron chi connectivity index (χ0n) is 4.53. The Kier molecular flexibility index (Phi) is 1.60. The second-order valence-corrected chi connectivity index (χ2v) is 2.46. The van der Waals surface area contributed by atoms with Gasteiger partial charge >= 0.3 is 0 Å². The molecule has 9 heavy (non-hydrogen) atoms. The molecule has 1 rings (SSSR count). The van der Waals surface area contributed by atoms with E-state index in [0.29, 0.717) is 16.6 Å². The zero-order valence-corrected chi connectivity index (χ0v) is 5.35. The van der Waals surface area contributed by atoms with Crippen LogP contribution in [0.2, 0.25) is 0 Å². The molecule has 2 N–H and O–H groups in total. The molecule has 0 fully saturated rings. The summed E-state index contributed by atoms with van der Waals surface area (Å²) in [6, 6.07) is 1.95. The molecule has 4 nitrogen and oxygen atoms in total. The van der Waals surface area contributed by atoms with E-state index < -0.39 is 0 Å². The van der Waals surface area contributed by atoms with Gasteiger partial charge < -0.3 is 5.73 Å². The summed E-state index contributed by atoms with van der Waals surface area (Å²) in [5.74, 6) is 0. The highest BCUT2D eigenvalue weighted by Gasteiger charge is 1.97. The van der Waals surface area contributed by atoms with Crippen molar-refractivity contribution >= 4 is 16.5 Å². The second-order valence-electron chi connectivity index (χ2n) is 1.37. The number of aromatic nitrogens is 2. The molecule has 46 valence electrons. The van der Waals surface area contributed by atoms with Crippen molar-refractivity contribution in [2.24, 2.45) is 0 Å². The highest BCUT2D eigenvalue weighted by atomic mass is 32.1. The summed E-state index contributed by atoms with van der Waals surface area (Å²) in [7, 11) is 0. The smallest absolute Gasteiger partial charge is 0.203 e. The van der Waals surface area contributed by atoms with Crippen molar-refractivity contribution in [1.29, 1.82) is 5.26 Å². The molecule has 0 unspecified atom stereocenters. The minimum absolute atomic E-state index is 0.300. The van der Waals surface area contributed by atoms with Crippen LogP contribution < -0.4 is 5.73 Å². The average Bonchev–Trinajstić information content (AvgIpc) is 2.17. The number of nitrogen functional groups attached to an aromatic ring is 1. The fraction of sp³-hybridized carbons (Fsp3) is 0.250. The van der Waals surface area contributed by atoms with E-state index in [-0.39, 0.29) is 0 Å². The van der Waals surface area contributed by atoms with Gasteiger partial charge in [-0.15, -0.1) is 10.2 Å². The number of hydrogen-bond acceptors (Lipinski definition) is 5. The summed E-state index contributed by atoms with van der Waals surface area (Å²) in [4.78, 5) is 0. The standard InChI is InChI=1S/C4H4N4S/c5-2-1-3-7-8-4(6)9-3/h1H2,(H2,6,8). The van der Waals surface area contributed by atoms with Crippen molar-refractivity contribution in [3.63, 3.8) is 0 Å². The van der Waals surface area contributed by atoms with Gasteiger partial charge in [0.15, 0.2) is 0 Å². The molecule has 0 aliphatic rings. The molecule has 0 bridgehead atoms. The van der Waals surface area contributed by atoms with E-state index in [9.17, 15) is 0 Å². The Morgan fingerprint density at radius 2 is 2.44 bits per heavy atom. The van der Waals surface area contributed by atoms with Crippen molar-refractivity contribution in [2.75, 3.05) is 5.73 Å². The van der Waals surface area contributed by atoms with Crippen LogP contribution in [0.1, 0.15) is 5.01 Å². The van der Waals surface area contributed by atoms with E-state index >= 15 is 0 Å². The highest BCUT2D eigenvalue weighted by molar-refractivity contribution is 7.15. The molecule has 1 heterocycles. The molecule has 1 aromatic rings. The topological polar surface area (TPSA) is 75.6 Å². The van der Waals surface area contributed by atoms with Crippen LogP contribution in [0.5, 0.6) is 0 Å². The quantitative estimate of drug-likeness (QED) is 0.604. The maximum absolute atomic E-state index is 8.18. The number of nitriles is 1. The van der Waals surface area contributed by atoms with Gasteiger partial charge in [-0.3, -0.25) is 0 Å². The van der Waals surface area contributed by atoms with Gasteiger partial charge in [0.05, 0.1) is 12.5 Å². The van der Waals surface area contributed by atoms with Crippen molar-refractivity contribution in [3.8, 4) is 6.07 Å². The van der Waals surface area contributed by atoms with Crippen LogP contribution in [0, 0.1) is 11.3 Å². The molecule has 0 aliphatic heterocycles. The Labute approximate surface area is 55.9 Å². The molecular formula is C4H4N4S. The largest absolute Gasteiger partial charge is 0.374 e. The van der Waals surface area contributed by atoms with Gasteiger partial charge in [-0.2, -0.15) is 5.26 Å². The van der Waals surface area contributed by atoms with Gasteiger partial charge in [-0.1, -0.05) is 11.3 Å². The Morgan fingerprint density at radius 1 is 1.67 bits per heavy atom. The van der Waals surface area contributed by atoms with Gasteiger partial charge in [0.2, 0.25) is 5.13 Å². The van der Waals surface area contributed by atoms with Crippen LogP contribution in [0.3, 0.4) is 0 Å². The molecule has 0 amide bonds. The lowest BCUT2D eigenvalue weighted by Crippen LogP contribution is -1.80. The van der Waals surface area contributed by atoms with Gasteiger partial charge in [-0.05, 0) is 0 Å². The van der Waals surface area contributed by atoms with Crippen molar-refractivity contribution < 1.29 is 0 Å². The predicted octanol–water partition coefficient (Wildman–Crippen LogP) is 0.186. The number of anilines is 1. The van der Waals surface area contributed by atoms with Crippen LogP contribution in [0.25, 0.3) is 0 Å². The van der Waals surface area contributed by atoms with Crippen LogP contribution >= 0.6 is 11.3 Å². The van der Waals surface area contributed by atoms with Gasteiger partial charge in [-0.25, -0.2) is 0 Å². The normalized spacial score (nSPS) is 8.78. The lowest BCUT2D eigenvalue weighted by atomic mass is 10.5. The Bertz CT molecular complexity index is 235. The number of hydrogen-bond donors (Lipinski definition) is 1. The first-order valence-corrected chi connectivity index (χ1v) is 3.09. The van der Waals surface area contributed by atoms with E-state index in [1.54, 1.807) is 0 Å². The lowest BCUT2D eigenvalue weighted by Gasteiger charge is -1.73. The highest BCUT2D eigenvalue weighted by Crippen LogP contribution is 2.10. The van der Waals surface area contributed by atoms with E-state index in [0.717, 1.165) is 0 Å². The zero-order chi connectivity index (χ0) is 6.69. The maximum atomic E-state index is 8.18. The van der Waals surface area contributed by atoms with Crippen molar-refractivity contribution in [3.05, 3.63) is 5.01 Å². The van der Waals surface area contributed by atoms with Crippen LogP contribution in [0.4, 0.5) is 5.13 Å². The Balaban J connectivity index is 2.76. The van der Waals surface area contributed by atoms with E-state index in [1.165, 1.54) is 11.3 Å². The molecule has 0 spiro atoms. The van der Waals surface area contributed by atoms with Gasteiger partial charge in [0.1, 0.15) is 5.01 Å². The average molecular weight is 140 g/mol. The van der Waals surface area contributed by atoms with E-state index in [2.05, 4.69) is 10.2 Å². The first-order chi connectivity index (χ1) is 4.33. The Hall–Kier alpha value is -1.15. The summed E-state index contributed by atoms with van der Waals surface area (Å²) in [6.45, 7) is 0. The predicted molar refractivity (Wildman–Crippen MR) is 33.6 cm³/mol. The molecule has 0 aromatic carbocycles. The molecular weight excluding hydrogens is 136 g/mol. The molecule has 0 atom stereocenters. The number of rotatable bonds is 1. The van der Waals surface area contributed by atoms with Crippen LogP contribution in [-0.2, 0) is 6.42 Å². The number of nitrogens with two attached hydrogens (primary N) is 1. The first-order valence-electron chi connectivity index (χ1n) is 2.27. The molecule has 0 aliphatic carbocycles. The third kappa shape index (κ3) is 1.37. The molecule has 0 radical (unpaired) electrons. The van der Waals surface area contributed by atoms with E-state index in [4.69, 9.17) is 11.0 Å². The van der Waals surface area contributed by atoms with Crippen LogP contribution in [-0.4, -0.2) is 10.2 Å². The summed E-state index contributed by atoms with van der Waals surface area (Å²) in [6.07, 6.45) is 0.300. The molecule has 1 aromatic heterocycles. The molecule has 0 saturated heterocycles. The van der Waals surface area contributed by atoms with E-state index in [1.807, 2.05) is 6.07 Å². The second kappa shape index (κ2) is 2.42. The van der Waals surface area contributed by atoms with Crippen LogP contribution in [0.15, 0.2) is 0 Å². The molecule has 5 heteroatoms. The maximum Gasteiger partial charge on any atom is 0.203 e. The van der Waals surface area contributed by atoms with Gasteiger partial charge in [0.25, 0.3) is 0 Å². The van der Waals surface area contributed by atoms with Crippen molar-refractivity contribution in [2.45, 2.75) is 6.42 Å². The fourth-order valence-electron chi connectivity index (χ4n) is 0.406. The minimum atomic E-state index is 0.300. The summed E-state index contributed by atoms with van der Waals surface area (Å²) in [5.41, 5.74) is 5.24. The minimum Gasteiger partial charge on any atom is -0.374 e. The fourth-order valence-corrected chi connectivity index (χ4v) is 0.947. The molecule has 0 saturated carbocycles. The van der Waals surface area contributed by atoms with Gasteiger partial charge in [0, 0.05) is 0 Å². The monoisotopic (exact) mass is 140 g/mol. The summed E-state index contributed by atoms with van der Waals surface area (Å²) >= 11 is 1.25. The lowest BCUT2D eigenvalue weighted by molar-refractivity contribution is 1.03. The third-order valence-corrected chi connectivity index (χ3v) is 1.47. The summed E-state index contributed by atoms with van der Waals surface area (Å²) < 4.78 is 0. The third-order valence-electron chi connectivity index (χ3n) is 0.713. The SMILES string of the molecule is N#CCc1nnc(N)s1. The number of nitrogens with zero attached hydrogens (tertiary/aromatic N) is 3. The first kappa shape index (κ1) is 5.98. The van der Waals surface area contributed by atoms with Crippen molar-refractivity contribution in [1.82, 2.24) is 10.2 Å². The Morgan fingerprint density at radius 3 is 2.89 bits per heavy atom. The summed E-state index contributed by atoms with van der Waals surface area (Å²) in [5, 5.41) is 16.4.